The number of nitrogens with one attached hydrogen (secondary N) is 1. The van der Waals surface area contributed by atoms with Gasteiger partial charge in [0.2, 0.25) is 0 Å². The summed E-state index contributed by atoms with van der Waals surface area (Å²) in [4.78, 5) is 0. The van der Waals surface area contributed by atoms with Gasteiger partial charge in [-0.15, -0.1) is 0 Å². The molecule has 0 aromatic heterocycles. The van der Waals surface area contributed by atoms with Crippen LogP contribution in [0.25, 0.3) is 0 Å². The second-order valence-electron chi connectivity index (χ2n) is 7.45. The van der Waals surface area contributed by atoms with E-state index in [9.17, 15) is 0 Å². The van der Waals surface area contributed by atoms with Crippen LogP contribution in [0.1, 0.15) is 69.5 Å². The van der Waals surface area contributed by atoms with Crippen molar-refractivity contribution in [2.24, 2.45) is 0 Å². The number of thioether (sulfide) groups is 1. The predicted octanol–water partition coefficient (Wildman–Crippen LogP) is 5.06. The van der Waals surface area contributed by atoms with Crippen LogP contribution < -0.4 is 5.32 Å². The lowest BCUT2D eigenvalue weighted by Gasteiger charge is -2.40. The molecule has 0 amide bonds. The van der Waals surface area contributed by atoms with E-state index in [4.69, 9.17) is 0 Å². The SMILES string of the molecule is CSC1CCCC(NC2CCC(C)(C)c3ccccc32)C1. The van der Waals surface area contributed by atoms with E-state index >= 15 is 0 Å². The topological polar surface area (TPSA) is 12.0 Å². The molecule has 2 aliphatic rings. The van der Waals surface area contributed by atoms with Crippen molar-refractivity contribution in [3.05, 3.63) is 35.4 Å². The maximum atomic E-state index is 4.00. The van der Waals surface area contributed by atoms with Crippen LogP contribution in [-0.2, 0) is 5.41 Å². The Morgan fingerprint density at radius 2 is 1.95 bits per heavy atom. The third-order valence-electron chi connectivity index (χ3n) is 5.52. The van der Waals surface area contributed by atoms with Crippen LogP contribution in [0.15, 0.2) is 24.3 Å². The number of benzene rings is 1. The maximum Gasteiger partial charge on any atom is 0.0325 e. The summed E-state index contributed by atoms with van der Waals surface area (Å²) in [6.07, 6.45) is 10.4. The number of hydrogen-bond acceptors (Lipinski definition) is 2. The van der Waals surface area contributed by atoms with E-state index in [2.05, 4.69) is 61.4 Å². The summed E-state index contributed by atoms with van der Waals surface area (Å²) in [5, 5.41) is 4.87. The monoisotopic (exact) mass is 303 g/mol. The molecule has 21 heavy (non-hydrogen) atoms. The first kappa shape index (κ1) is 15.4. The quantitative estimate of drug-likeness (QED) is 0.837. The average Bonchev–Trinajstić information content (AvgIpc) is 2.51. The highest BCUT2D eigenvalue weighted by Crippen LogP contribution is 2.42. The smallest absolute Gasteiger partial charge is 0.0325 e. The molecule has 1 aromatic rings. The summed E-state index contributed by atoms with van der Waals surface area (Å²) in [6, 6.07) is 10.4. The van der Waals surface area contributed by atoms with Gasteiger partial charge in [-0.25, -0.2) is 0 Å². The molecule has 1 N–H and O–H groups in total. The maximum absolute atomic E-state index is 4.00. The fourth-order valence-corrected chi connectivity index (χ4v) is 5.01. The van der Waals surface area contributed by atoms with Crippen molar-refractivity contribution < 1.29 is 0 Å². The number of rotatable bonds is 3. The first-order chi connectivity index (χ1) is 10.1. The summed E-state index contributed by atoms with van der Waals surface area (Å²) >= 11 is 2.06. The van der Waals surface area contributed by atoms with E-state index in [1.54, 1.807) is 11.1 Å². The molecule has 0 heterocycles. The van der Waals surface area contributed by atoms with Crippen LogP contribution in [0.4, 0.5) is 0 Å². The third-order valence-corrected chi connectivity index (χ3v) is 6.61. The van der Waals surface area contributed by atoms with Gasteiger partial charge >= 0.3 is 0 Å². The predicted molar refractivity (Wildman–Crippen MR) is 94.1 cm³/mol. The first-order valence-electron chi connectivity index (χ1n) is 8.48. The van der Waals surface area contributed by atoms with Gasteiger partial charge in [0.15, 0.2) is 0 Å². The highest BCUT2D eigenvalue weighted by Gasteiger charge is 2.33. The Balaban J connectivity index is 1.75. The Bertz CT molecular complexity index is 482. The van der Waals surface area contributed by atoms with Crippen LogP contribution in [-0.4, -0.2) is 17.5 Å². The second kappa shape index (κ2) is 6.34. The van der Waals surface area contributed by atoms with Crippen molar-refractivity contribution in [1.29, 1.82) is 0 Å². The summed E-state index contributed by atoms with van der Waals surface area (Å²) < 4.78 is 0. The molecule has 0 radical (unpaired) electrons. The fraction of sp³-hybridized carbons (Fsp3) is 0.684. The number of fused-ring (bicyclic) bond motifs is 1. The van der Waals surface area contributed by atoms with Crippen molar-refractivity contribution in [3.63, 3.8) is 0 Å². The van der Waals surface area contributed by atoms with Gasteiger partial charge in [0.05, 0.1) is 0 Å². The van der Waals surface area contributed by atoms with Crippen molar-refractivity contribution in [2.75, 3.05) is 6.26 Å². The lowest BCUT2D eigenvalue weighted by atomic mass is 9.71. The standard InChI is InChI=1S/C19H29NS/c1-19(2)12-11-18(16-9-4-5-10-17(16)19)20-14-7-6-8-15(13-14)21-3/h4-5,9-10,14-15,18,20H,6-8,11-13H2,1-3H3. The summed E-state index contributed by atoms with van der Waals surface area (Å²) in [5.41, 5.74) is 3.45. The van der Waals surface area contributed by atoms with E-state index in [0.29, 0.717) is 11.5 Å². The van der Waals surface area contributed by atoms with Gasteiger partial charge in [0.25, 0.3) is 0 Å². The van der Waals surface area contributed by atoms with Crippen molar-refractivity contribution in [3.8, 4) is 0 Å². The zero-order valence-electron chi connectivity index (χ0n) is 13.7. The van der Waals surface area contributed by atoms with Crippen LogP contribution in [0, 0.1) is 0 Å². The van der Waals surface area contributed by atoms with Gasteiger partial charge in [-0.3, -0.25) is 0 Å². The molecule has 0 spiro atoms. The lowest BCUT2D eigenvalue weighted by molar-refractivity contribution is 0.297. The molecule has 0 bridgehead atoms. The normalized spacial score (nSPS) is 31.7. The molecule has 0 aliphatic heterocycles. The fourth-order valence-electron chi connectivity index (χ4n) is 4.18. The highest BCUT2D eigenvalue weighted by atomic mass is 32.2. The Morgan fingerprint density at radius 3 is 2.76 bits per heavy atom. The Kier molecular flexibility index (Phi) is 4.66. The van der Waals surface area contributed by atoms with Crippen LogP contribution in [0.3, 0.4) is 0 Å². The molecule has 1 aromatic carbocycles. The minimum atomic E-state index is 0.336. The molecular formula is C19H29NS. The van der Waals surface area contributed by atoms with Crippen molar-refractivity contribution in [1.82, 2.24) is 5.32 Å². The van der Waals surface area contributed by atoms with E-state index in [1.165, 1.54) is 38.5 Å². The first-order valence-corrected chi connectivity index (χ1v) is 9.77. The molecular weight excluding hydrogens is 274 g/mol. The van der Waals surface area contributed by atoms with Crippen molar-refractivity contribution in [2.45, 2.75) is 75.1 Å². The van der Waals surface area contributed by atoms with Gasteiger partial charge in [-0.2, -0.15) is 11.8 Å². The van der Waals surface area contributed by atoms with Gasteiger partial charge in [0.1, 0.15) is 0 Å². The second-order valence-corrected chi connectivity index (χ2v) is 8.59. The molecule has 3 atom stereocenters. The Hall–Kier alpha value is -0.470. The molecule has 3 rings (SSSR count). The van der Waals surface area contributed by atoms with Crippen LogP contribution >= 0.6 is 11.8 Å². The molecule has 2 aliphatic carbocycles. The molecule has 1 saturated carbocycles. The zero-order chi connectivity index (χ0) is 14.9. The molecule has 3 unspecified atom stereocenters. The molecule has 0 saturated heterocycles. The Morgan fingerprint density at radius 1 is 1.14 bits per heavy atom. The van der Waals surface area contributed by atoms with E-state index in [1.807, 2.05) is 0 Å². The van der Waals surface area contributed by atoms with E-state index < -0.39 is 0 Å². The molecule has 1 nitrogen and oxygen atoms in total. The largest absolute Gasteiger partial charge is 0.307 e. The van der Waals surface area contributed by atoms with E-state index in [-0.39, 0.29) is 0 Å². The van der Waals surface area contributed by atoms with Crippen molar-refractivity contribution >= 4 is 11.8 Å². The van der Waals surface area contributed by atoms with Crippen LogP contribution in [0.2, 0.25) is 0 Å². The van der Waals surface area contributed by atoms with Gasteiger partial charge < -0.3 is 5.32 Å². The number of hydrogen-bond donors (Lipinski definition) is 1. The molecule has 116 valence electrons. The average molecular weight is 304 g/mol. The highest BCUT2D eigenvalue weighted by molar-refractivity contribution is 7.99. The Labute approximate surface area is 134 Å². The van der Waals surface area contributed by atoms with Gasteiger partial charge in [-0.05, 0) is 54.9 Å². The minimum absolute atomic E-state index is 0.336. The van der Waals surface area contributed by atoms with Gasteiger partial charge in [-0.1, -0.05) is 44.5 Å². The van der Waals surface area contributed by atoms with E-state index in [0.717, 1.165) is 11.3 Å². The van der Waals surface area contributed by atoms with Gasteiger partial charge in [0, 0.05) is 17.3 Å². The van der Waals surface area contributed by atoms with Crippen LogP contribution in [0.5, 0.6) is 0 Å². The summed E-state index contributed by atoms with van der Waals surface area (Å²) in [6.45, 7) is 4.79. The molecule has 1 fully saturated rings. The summed E-state index contributed by atoms with van der Waals surface area (Å²) in [7, 11) is 0. The molecule has 2 heteroatoms. The minimum Gasteiger partial charge on any atom is -0.307 e. The zero-order valence-corrected chi connectivity index (χ0v) is 14.5. The third kappa shape index (κ3) is 3.32. The lowest BCUT2D eigenvalue weighted by Crippen LogP contribution is -2.40. The summed E-state index contributed by atoms with van der Waals surface area (Å²) in [5.74, 6) is 0.